The fourth-order valence-corrected chi connectivity index (χ4v) is 3.65. The van der Waals surface area contributed by atoms with Crippen molar-refractivity contribution in [2.45, 2.75) is 70.7 Å². The fourth-order valence-electron chi connectivity index (χ4n) is 2.63. The van der Waals surface area contributed by atoms with Crippen LogP contribution in [0.5, 0.6) is 6.01 Å². The molecule has 23 heavy (non-hydrogen) atoms. The minimum absolute atomic E-state index is 0.0978. The van der Waals surface area contributed by atoms with Crippen LogP contribution in [0.2, 0.25) is 18.1 Å². The van der Waals surface area contributed by atoms with Crippen LogP contribution in [0.4, 0.5) is 0 Å². The van der Waals surface area contributed by atoms with E-state index in [0.29, 0.717) is 18.2 Å². The van der Waals surface area contributed by atoms with Crippen molar-refractivity contribution in [3.05, 3.63) is 22.1 Å². The highest BCUT2D eigenvalue weighted by Gasteiger charge is 2.45. The number of aromatic nitrogens is 2. The van der Waals surface area contributed by atoms with E-state index in [9.17, 15) is 4.79 Å². The van der Waals surface area contributed by atoms with Crippen molar-refractivity contribution >= 4 is 8.32 Å². The van der Waals surface area contributed by atoms with Crippen molar-refractivity contribution in [2.24, 2.45) is 0 Å². The molecule has 6 nitrogen and oxygen atoms in total. The minimum atomic E-state index is -1.82. The second kappa shape index (κ2) is 5.43. The molecule has 2 aliphatic rings. The van der Waals surface area contributed by atoms with Gasteiger partial charge in [-0.25, -0.2) is 0 Å². The molecule has 0 aromatic carbocycles. The Labute approximate surface area is 137 Å². The number of fused-ring (bicyclic) bond motifs is 4. The first-order valence-corrected chi connectivity index (χ1v) is 11.1. The van der Waals surface area contributed by atoms with Gasteiger partial charge in [0, 0.05) is 18.2 Å². The van der Waals surface area contributed by atoms with E-state index >= 15 is 0 Å². The highest BCUT2D eigenvalue weighted by atomic mass is 28.4. The maximum Gasteiger partial charge on any atom is 0.302 e. The summed E-state index contributed by atoms with van der Waals surface area (Å²) in [5.41, 5.74) is 0.354. The normalized spacial score (nSPS) is 26.8. The molecule has 0 radical (unpaired) electrons. The fraction of sp³-hybridized carbons (Fsp3) is 0.750. The maximum absolute atomic E-state index is 11.7. The zero-order valence-electron chi connectivity index (χ0n) is 14.8. The van der Waals surface area contributed by atoms with Gasteiger partial charge in [0.05, 0.1) is 6.61 Å². The highest BCUT2D eigenvalue weighted by molar-refractivity contribution is 6.74. The van der Waals surface area contributed by atoms with Gasteiger partial charge in [0.25, 0.3) is 5.56 Å². The van der Waals surface area contributed by atoms with Crippen LogP contribution in [0.3, 0.4) is 0 Å². The summed E-state index contributed by atoms with van der Waals surface area (Å²) in [6.45, 7) is 13.4. The lowest BCUT2D eigenvalue weighted by molar-refractivity contribution is -0.0220. The van der Waals surface area contributed by atoms with Crippen LogP contribution in [0, 0.1) is 6.92 Å². The summed E-state index contributed by atoms with van der Waals surface area (Å²) >= 11 is 0. The van der Waals surface area contributed by atoms with Gasteiger partial charge in [0.15, 0.2) is 8.32 Å². The molecule has 3 atom stereocenters. The van der Waals surface area contributed by atoms with Gasteiger partial charge < -0.3 is 13.9 Å². The largest absolute Gasteiger partial charge is 0.458 e. The number of ether oxygens (including phenoxy) is 2. The van der Waals surface area contributed by atoms with Crippen molar-refractivity contribution in [3.63, 3.8) is 0 Å². The van der Waals surface area contributed by atoms with Crippen molar-refractivity contribution in [1.29, 1.82) is 0 Å². The third-order valence-electron chi connectivity index (χ3n) is 5.25. The molecule has 2 bridgehead atoms. The minimum Gasteiger partial charge on any atom is -0.458 e. The van der Waals surface area contributed by atoms with E-state index in [2.05, 4.69) is 38.8 Å². The Hall–Kier alpha value is -1.18. The van der Waals surface area contributed by atoms with Gasteiger partial charge in [0.2, 0.25) is 0 Å². The first kappa shape index (κ1) is 16.7. The smallest absolute Gasteiger partial charge is 0.302 e. The van der Waals surface area contributed by atoms with Crippen molar-refractivity contribution in [2.75, 3.05) is 6.61 Å². The van der Waals surface area contributed by atoms with Crippen molar-refractivity contribution in [1.82, 2.24) is 9.55 Å². The molecule has 3 rings (SSSR count). The summed E-state index contributed by atoms with van der Waals surface area (Å²) in [4.78, 5) is 15.7. The van der Waals surface area contributed by atoms with Crippen LogP contribution in [0.25, 0.3) is 0 Å². The molecule has 0 N–H and O–H groups in total. The van der Waals surface area contributed by atoms with Crippen LogP contribution >= 0.6 is 0 Å². The lowest BCUT2D eigenvalue weighted by Gasteiger charge is -2.37. The van der Waals surface area contributed by atoms with Gasteiger partial charge in [-0.1, -0.05) is 20.8 Å². The Bertz CT molecular complexity index is 665. The standard InChI is InChI=1S/C16H26N2O4Si/c1-10-8-18-13-7-11(22-15(18)17-14(10)19)12(21-13)9-20-23(5,6)16(2,3)4/h8,11-13H,7,9H2,1-6H3/t11?,12-,13-/m1/s1. The van der Waals surface area contributed by atoms with Crippen molar-refractivity contribution < 1.29 is 13.9 Å². The molecule has 7 heteroatoms. The number of hydrogen-bond donors (Lipinski definition) is 0. The number of hydrogen-bond acceptors (Lipinski definition) is 5. The summed E-state index contributed by atoms with van der Waals surface area (Å²) in [5, 5.41) is 0.162. The van der Waals surface area contributed by atoms with Gasteiger partial charge in [0.1, 0.15) is 18.4 Å². The van der Waals surface area contributed by atoms with Crippen LogP contribution < -0.4 is 10.3 Å². The van der Waals surface area contributed by atoms with Crippen molar-refractivity contribution in [3.8, 4) is 6.01 Å². The molecule has 1 fully saturated rings. The second-order valence-corrected chi connectivity index (χ2v) is 12.8. The Morgan fingerprint density at radius 2 is 2.13 bits per heavy atom. The second-order valence-electron chi connectivity index (χ2n) is 8.01. The van der Waals surface area contributed by atoms with E-state index in [0.717, 1.165) is 6.42 Å². The van der Waals surface area contributed by atoms with Crippen LogP contribution in [0.1, 0.15) is 39.0 Å². The molecule has 0 spiro atoms. The predicted molar refractivity (Wildman–Crippen MR) is 89.3 cm³/mol. The van der Waals surface area contributed by atoms with Gasteiger partial charge in [-0.2, -0.15) is 4.98 Å². The van der Waals surface area contributed by atoms with Crippen LogP contribution in [-0.4, -0.2) is 36.7 Å². The summed E-state index contributed by atoms with van der Waals surface area (Å²) in [6, 6.07) is 0.358. The van der Waals surface area contributed by atoms with E-state index in [1.54, 1.807) is 13.1 Å². The zero-order chi connectivity index (χ0) is 17.0. The number of aryl methyl sites for hydroxylation is 1. The predicted octanol–water partition coefficient (Wildman–Crippen LogP) is 2.62. The molecule has 0 amide bonds. The average molecular weight is 338 g/mol. The van der Waals surface area contributed by atoms with Gasteiger partial charge in [-0.3, -0.25) is 9.36 Å². The first-order valence-electron chi connectivity index (χ1n) is 8.14. The average Bonchev–Trinajstić information content (AvgIpc) is 2.76. The molecule has 128 valence electrons. The van der Waals surface area contributed by atoms with E-state index in [1.165, 1.54) is 0 Å². The Morgan fingerprint density at radius 3 is 2.78 bits per heavy atom. The Morgan fingerprint density at radius 1 is 1.43 bits per heavy atom. The molecule has 1 aromatic rings. The molecular formula is C16H26N2O4Si. The molecule has 1 saturated heterocycles. The third-order valence-corrected chi connectivity index (χ3v) is 9.75. The van der Waals surface area contributed by atoms with Crippen LogP contribution in [0.15, 0.2) is 11.0 Å². The third kappa shape index (κ3) is 2.97. The lowest BCUT2D eigenvalue weighted by Crippen LogP contribution is -2.44. The molecule has 1 aromatic heterocycles. The van der Waals surface area contributed by atoms with E-state index in [4.69, 9.17) is 13.9 Å². The summed E-state index contributed by atoms with van der Waals surface area (Å²) in [7, 11) is -1.82. The number of rotatable bonds is 3. The summed E-state index contributed by atoms with van der Waals surface area (Å²) in [6.07, 6.45) is 2.19. The molecule has 3 heterocycles. The number of nitrogens with zero attached hydrogens (tertiary/aromatic N) is 2. The zero-order valence-corrected chi connectivity index (χ0v) is 15.8. The SMILES string of the molecule is Cc1cn2c(nc1=O)OC1C[C@H]2O[C@@H]1CO[Si](C)(C)C(C)(C)C. The van der Waals surface area contributed by atoms with Crippen LogP contribution in [-0.2, 0) is 9.16 Å². The summed E-state index contributed by atoms with van der Waals surface area (Å²) < 4.78 is 20.1. The highest BCUT2D eigenvalue weighted by Crippen LogP contribution is 2.40. The molecular weight excluding hydrogens is 312 g/mol. The van der Waals surface area contributed by atoms with E-state index in [1.807, 2.05) is 4.57 Å². The monoisotopic (exact) mass is 338 g/mol. The molecule has 0 aliphatic carbocycles. The van der Waals surface area contributed by atoms with Gasteiger partial charge in [-0.15, -0.1) is 0 Å². The Kier molecular flexibility index (Phi) is 3.93. The lowest BCUT2D eigenvalue weighted by atomic mass is 10.1. The maximum atomic E-state index is 11.7. The molecule has 2 aliphatic heterocycles. The first-order chi connectivity index (χ1) is 10.6. The molecule has 1 unspecified atom stereocenters. The Balaban J connectivity index is 1.73. The summed E-state index contributed by atoms with van der Waals surface area (Å²) in [5.74, 6) is 0. The molecule has 0 saturated carbocycles. The quantitative estimate of drug-likeness (QED) is 0.793. The van der Waals surface area contributed by atoms with E-state index in [-0.39, 0.29) is 29.0 Å². The van der Waals surface area contributed by atoms with Gasteiger partial charge in [-0.05, 0) is 25.1 Å². The van der Waals surface area contributed by atoms with E-state index < -0.39 is 8.32 Å². The van der Waals surface area contributed by atoms with Gasteiger partial charge >= 0.3 is 6.01 Å². The topological polar surface area (TPSA) is 62.6 Å².